The first-order chi connectivity index (χ1) is 5.86. The van der Waals surface area contributed by atoms with Crippen LogP contribution in [0.5, 0.6) is 0 Å². The van der Waals surface area contributed by atoms with E-state index in [0.717, 1.165) is 0 Å². The summed E-state index contributed by atoms with van der Waals surface area (Å²) in [5.74, 6) is 0. The molecule has 0 spiro atoms. The lowest BCUT2D eigenvalue weighted by Gasteiger charge is -2.06. The predicted molar refractivity (Wildman–Crippen MR) is 52.9 cm³/mol. The maximum Gasteiger partial charge on any atom is 0.112 e. The number of hydrogen-bond donors (Lipinski definition) is 1. The van der Waals surface area contributed by atoms with Crippen LogP contribution in [0.3, 0.4) is 0 Å². The fraction of sp³-hybridized carbons (Fsp3) is 0.400. The second-order valence-corrected chi connectivity index (χ2v) is 4.24. The molecule has 0 unspecified atom stereocenters. The standard InChI is InChI=1S/C10H12BrN/c11-9-4-1-3-8(7-9)10-5-2-6-12-10/h1,3-4,7,10,12H,2,5-6H2/p+1/t10-/m1/s1. The van der Waals surface area contributed by atoms with Gasteiger partial charge in [-0.15, -0.1) is 0 Å². The van der Waals surface area contributed by atoms with Crippen molar-refractivity contribution in [3.8, 4) is 0 Å². The highest BCUT2D eigenvalue weighted by Crippen LogP contribution is 2.20. The van der Waals surface area contributed by atoms with E-state index >= 15 is 0 Å². The summed E-state index contributed by atoms with van der Waals surface area (Å²) in [6.07, 6.45) is 2.69. The molecule has 2 N–H and O–H groups in total. The first-order valence-electron chi connectivity index (χ1n) is 4.45. The minimum Gasteiger partial charge on any atom is -0.340 e. The number of nitrogens with two attached hydrogens (primary N) is 1. The van der Waals surface area contributed by atoms with Crippen LogP contribution in [0, 0.1) is 0 Å². The average molecular weight is 227 g/mol. The third kappa shape index (κ3) is 1.70. The highest BCUT2D eigenvalue weighted by molar-refractivity contribution is 9.10. The Morgan fingerprint density at radius 3 is 3.00 bits per heavy atom. The van der Waals surface area contributed by atoms with Crippen LogP contribution in [0.15, 0.2) is 28.7 Å². The zero-order chi connectivity index (χ0) is 8.39. The Morgan fingerprint density at radius 1 is 1.42 bits per heavy atom. The summed E-state index contributed by atoms with van der Waals surface area (Å²) in [4.78, 5) is 0. The van der Waals surface area contributed by atoms with Gasteiger partial charge in [0.25, 0.3) is 0 Å². The fourth-order valence-electron chi connectivity index (χ4n) is 1.81. The molecule has 1 saturated heterocycles. The van der Waals surface area contributed by atoms with Gasteiger partial charge >= 0.3 is 0 Å². The summed E-state index contributed by atoms with van der Waals surface area (Å²) in [5.41, 5.74) is 1.46. The van der Waals surface area contributed by atoms with Crippen molar-refractivity contribution >= 4 is 15.9 Å². The minimum absolute atomic E-state index is 0.711. The van der Waals surface area contributed by atoms with E-state index < -0.39 is 0 Å². The monoisotopic (exact) mass is 226 g/mol. The first kappa shape index (κ1) is 8.27. The molecule has 1 aliphatic rings. The molecular weight excluding hydrogens is 214 g/mol. The minimum atomic E-state index is 0.711. The molecule has 1 fully saturated rings. The number of rotatable bonds is 1. The second kappa shape index (κ2) is 3.58. The van der Waals surface area contributed by atoms with Gasteiger partial charge in [0.1, 0.15) is 6.04 Å². The third-order valence-corrected chi connectivity index (χ3v) is 2.94. The zero-order valence-electron chi connectivity index (χ0n) is 6.96. The van der Waals surface area contributed by atoms with E-state index in [1.165, 1.54) is 29.4 Å². The highest BCUT2D eigenvalue weighted by atomic mass is 79.9. The Labute approximate surface area is 81.3 Å². The van der Waals surface area contributed by atoms with Crippen LogP contribution in [0.2, 0.25) is 0 Å². The maximum absolute atomic E-state index is 3.50. The van der Waals surface area contributed by atoms with E-state index in [2.05, 4.69) is 45.5 Å². The molecule has 0 bridgehead atoms. The molecule has 2 rings (SSSR count). The fourth-order valence-corrected chi connectivity index (χ4v) is 2.23. The van der Waals surface area contributed by atoms with Gasteiger partial charge in [-0.2, -0.15) is 0 Å². The van der Waals surface area contributed by atoms with Gasteiger partial charge in [-0.25, -0.2) is 0 Å². The summed E-state index contributed by atoms with van der Waals surface area (Å²) in [6.45, 7) is 1.29. The number of benzene rings is 1. The van der Waals surface area contributed by atoms with Crippen molar-refractivity contribution in [2.75, 3.05) is 6.54 Å². The van der Waals surface area contributed by atoms with E-state index in [9.17, 15) is 0 Å². The first-order valence-corrected chi connectivity index (χ1v) is 5.24. The smallest absolute Gasteiger partial charge is 0.112 e. The average Bonchev–Trinajstić information content (AvgIpc) is 2.56. The molecule has 0 aromatic heterocycles. The number of hydrogen-bond acceptors (Lipinski definition) is 0. The van der Waals surface area contributed by atoms with Crippen LogP contribution in [-0.4, -0.2) is 6.54 Å². The van der Waals surface area contributed by atoms with Gasteiger partial charge in [-0.3, -0.25) is 0 Å². The largest absolute Gasteiger partial charge is 0.340 e. The van der Waals surface area contributed by atoms with Crippen LogP contribution in [0.4, 0.5) is 0 Å². The van der Waals surface area contributed by atoms with Crippen molar-refractivity contribution < 1.29 is 5.32 Å². The van der Waals surface area contributed by atoms with Gasteiger partial charge in [-0.1, -0.05) is 28.1 Å². The molecular formula is C10H13BrN+. The van der Waals surface area contributed by atoms with Gasteiger partial charge in [0.05, 0.1) is 6.54 Å². The van der Waals surface area contributed by atoms with Crippen molar-refractivity contribution in [2.45, 2.75) is 18.9 Å². The lowest BCUT2D eigenvalue weighted by Crippen LogP contribution is -2.81. The van der Waals surface area contributed by atoms with Gasteiger partial charge < -0.3 is 5.32 Å². The van der Waals surface area contributed by atoms with Crippen LogP contribution < -0.4 is 5.32 Å². The van der Waals surface area contributed by atoms with E-state index in [0.29, 0.717) is 6.04 Å². The Hall–Kier alpha value is -0.340. The van der Waals surface area contributed by atoms with Crippen LogP contribution in [-0.2, 0) is 0 Å². The van der Waals surface area contributed by atoms with Crippen LogP contribution in [0.25, 0.3) is 0 Å². The van der Waals surface area contributed by atoms with E-state index in [1.54, 1.807) is 0 Å². The number of halogens is 1. The molecule has 0 amide bonds. The summed E-state index contributed by atoms with van der Waals surface area (Å²) in [5, 5.41) is 2.43. The highest BCUT2D eigenvalue weighted by Gasteiger charge is 2.19. The Kier molecular flexibility index (Phi) is 2.47. The Bertz CT molecular complexity index is 266. The van der Waals surface area contributed by atoms with E-state index in [4.69, 9.17) is 0 Å². The molecule has 1 aromatic rings. The van der Waals surface area contributed by atoms with Gasteiger partial charge in [-0.05, 0) is 12.1 Å². The molecule has 1 aliphatic heterocycles. The molecule has 0 aliphatic carbocycles. The summed E-state index contributed by atoms with van der Waals surface area (Å²) < 4.78 is 1.19. The molecule has 1 heterocycles. The van der Waals surface area contributed by atoms with Gasteiger partial charge in [0, 0.05) is 22.9 Å². The van der Waals surface area contributed by atoms with Gasteiger partial charge in [0.2, 0.25) is 0 Å². The third-order valence-electron chi connectivity index (χ3n) is 2.45. The lowest BCUT2D eigenvalue weighted by atomic mass is 10.1. The quantitative estimate of drug-likeness (QED) is 0.754. The van der Waals surface area contributed by atoms with E-state index in [1.807, 2.05) is 0 Å². The van der Waals surface area contributed by atoms with Crippen molar-refractivity contribution in [3.05, 3.63) is 34.3 Å². The van der Waals surface area contributed by atoms with Crippen molar-refractivity contribution in [1.29, 1.82) is 0 Å². The molecule has 0 saturated carbocycles. The van der Waals surface area contributed by atoms with Crippen molar-refractivity contribution in [1.82, 2.24) is 0 Å². The van der Waals surface area contributed by atoms with Crippen LogP contribution in [0.1, 0.15) is 24.4 Å². The molecule has 1 nitrogen and oxygen atoms in total. The molecule has 0 radical (unpaired) electrons. The predicted octanol–water partition coefficient (Wildman–Crippen LogP) is 1.85. The maximum atomic E-state index is 3.50. The molecule has 12 heavy (non-hydrogen) atoms. The topological polar surface area (TPSA) is 16.6 Å². The summed E-state index contributed by atoms with van der Waals surface area (Å²) >= 11 is 3.50. The lowest BCUT2D eigenvalue weighted by molar-refractivity contribution is -0.676. The summed E-state index contributed by atoms with van der Waals surface area (Å²) in [7, 11) is 0. The Balaban J connectivity index is 2.21. The number of quaternary nitrogens is 1. The zero-order valence-corrected chi connectivity index (χ0v) is 8.55. The van der Waals surface area contributed by atoms with Gasteiger partial charge in [0.15, 0.2) is 0 Å². The molecule has 64 valence electrons. The van der Waals surface area contributed by atoms with Crippen LogP contribution >= 0.6 is 15.9 Å². The Morgan fingerprint density at radius 2 is 2.33 bits per heavy atom. The SMILES string of the molecule is Brc1cccc([C@H]2CCC[NH2+]2)c1. The summed E-state index contributed by atoms with van der Waals surface area (Å²) in [6, 6.07) is 9.36. The second-order valence-electron chi connectivity index (χ2n) is 3.33. The van der Waals surface area contributed by atoms with Crippen molar-refractivity contribution in [2.24, 2.45) is 0 Å². The normalized spacial score (nSPS) is 22.9. The van der Waals surface area contributed by atoms with E-state index in [-0.39, 0.29) is 0 Å². The molecule has 1 atom stereocenters. The molecule has 2 heteroatoms. The van der Waals surface area contributed by atoms with Crippen molar-refractivity contribution in [3.63, 3.8) is 0 Å². The molecule has 1 aromatic carbocycles.